The van der Waals surface area contributed by atoms with Gasteiger partial charge >= 0.3 is 0 Å². The number of ether oxygens (including phenoxy) is 1. The molecule has 17 heavy (non-hydrogen) atoms. The van der Waals surface area contributed by atoms with Gasteiger partial charge < -0.3 is 15.4 Å². The van der Waals surface area contributed by atoms with Gasteiger partial charge in [-0.3, -0.25) is 4.98 Å². The Balaban J connectivity index is 2.29. The lowest BCUT2D eigenvalue weighted by molar-refractivity contribution is -0.0277. The average molecular weight is 235 g/mol. The molecule has 0 amide bonds. The minimum absolute atomic E-state index is 0.0959. The van der Waals surface area contributed by atoms with E-state index < -0.39 is 0 Å². The monoisotopic (exact) mass is 235 g/mol. The lowest BCUT2D eigenvalue weighted by Crippen LogP contribution is -2.48. The zero-order chi connectivity index (χ0) is 12.5. The third-order valence-electron chi connectivity index (χ3n) is 3.08. The summed E-state index contributed by atoms with van der Waals surface area (Å²) in [6.07, 6.45) is 1.88. The number of morpholine rings is 1. The predicted octanol–water partition coefficient (Wildman–Crippen LogP) is 1.46. The van der Waals surface area contributed by atoms with Gasteiger partial charge in [-0.15, -0.1) is 0 Å². The molecule has 0 bridgehead atoms. The van der Waals surface area contributed by atoms with Crippen molar-refractivity contribution in [3.8, 4) is 0 Å². The Kier molecular flexibility index (Phi) is 3.35. The van der Waals surface area contributed by atoms with Crippen LogP contribution in [0.3, 0.4) is 0 Å². The minimum atomic E-state index is -0.0959. The summed E-state index contributed by atoms with van der Waals surface area (Å²) < 4.78 is 5.73. The first-order chi connectivity index (χ1) is 8.02. The number of hydrogen-bond acceptors (Lipinski definition) is 4. The van der Waals surface area contributed by atoms with Crippen molar-refractivity contribution in [1.29, 1.82) is 0 Å². The molecule has 1 aromatic rings. The lowest BCUT2D eigenvalue weighted by atomic mass is 10.1. The van der Waals surface area contributed by atoms with E-state index in [1.165, 1.54) is 5.69 Å². The molecule has 1 aliphatic heterocycles. The molecule has 0 aliphatic carbocycles. The summed E-state index contributed by atoms with van der Waals surface area (Å²) in [6, 6.07) is 2.11. The van der Waals surface area contributed by atoms with E-state index >= 15 is 0 Å². The fraction of sp³-hybridized carbons (Fsp3) is 0.615. The quantitative estimate of drug-likeness (QED) is 0.843. The number of nitrogens with two attached hydrogens (primary N) is 1. The highest BCUT2D eigenvalue weighted by Crippen LogP contribution is 2.26. The molecule has 1 aromatic heterocycles. The Bertz CT molecular complexity index is 404. The maximum Gasteiger partial charge on any atom is 0.0801 e. The molecule has 0 unspecified atom stereocenters. The maximum atomic E-state index is 5.78. The first-order valence-electron chi connectivity index (χ1n) is 6.06. The molecular formula is C13H21N3O. The van der Waals surface area contributed by atoms with Gasteiger partial charge in [-0.1, -0.05) is 0 Å². The van der Waals surface area contributed by atoms with Gasteiger partial charge in [-0.2, -0.15) is 0 Å². The number of aromatic nitrogens is 1. The molecule has 0 aromatic carbocycles. The Morgan fingerprint density at radius 3 is 2.94 bits per heavy atom. The van der Waals surface area contributed by atoms with Crippen molar-refractivity contribution < 1.29 is 4.74 Å². The summed E-state index contributed by atoms with van der Waals surface area (Å²) in [5.41, 5.74) is 9.02. The van der Waals surface area contributed by atoms with E-state index in [1.807, 2.05) is 13.1 Å². The summed E-state index contributed by atoms with van der Waals surface area (Å²) >= 11 is 0. The van der Waals surface area contributed by atoms with Crippen molar-refractivity contribution in [3.05, 3.63) is 23.5 Å². The van der Waals surface area contributed by atoms with Gasteiger partial charge in [0.05, 0.1) is 12.2 Å². The Morgan fingerprint density at radius 1 is 1.53 bits per heavy atom. The van der Waals surface area contributed by atoms with Crippen molar-refractivity contribution >= 4 is 5.69 Å². The second-order valence-corrected chi connectivity index (χ2v) is 5.19. The standard InChI is InChI=1S/C13H21N3O/c1-10-6-12(11(7-14)8-15-10)16-4-5-17-13(2,3)9-16/h6,8H,4-5,7,9,14H2,1-3H3. The van der Waals surface area contributed by atoms with Gasteiger partial charge in [0.1, 0.15) is 0 Å². The van der Waals surface area contributed by atoms with Crippen molar-refractivity contribution in [2.24, 2.45) is 5.73 Å². The van der Waals surface area contributed by atoms with Gasteiger partial charge in [0.2, 0.25) is 0 Å². The molecule has 0 saturated carbocycles. The third kappa shape index (κ3) is 2.76. The van der Waals surface area contributed by atoms with E-state index in [0.717, 1.165) is 31.0 Å². The van der Waals surface area contributed by atoms with Crippen molar-refractivity contribution in [2.75, 3.05) is 24.6 Å². The molecule has 94 valence electrons. The van der Waals surface area contributed by atoms with Gasteiger partial charge in [-0.05, 0) is 26.8 Å². The topological polar surface area (TPSA) is 51.4 Å². The second-order valence-electron chi connectivity index (χ2n) is 5.19. The molecule has 2 heterocycles. The zero-order valence-electron chi connectivity index (χ0n) is 10.9. The Hall–Kier alpha value is -1.13. The van der Waals surface area contributed by atoms with E-state index in [9.17, 15) is 0 Å². The highest BCUT2D eigenvalue weighted by molar-refractivity contribution is 5.54. The summed E-state index contributed by atoms with van der Waals surface area (Å²) in [5.74, 6) is 0. The fourth-order valence-electron chi connectivity index (χ4n) is 2.25. The zero-order valence-corrected chi connectivity index (χ0v) is 10.9. The normalized spacial score (nSPS) is 19.4. The van der Waals surface area contributed by atoms with Crippen LogP contribution in [0, 0.1) is 6.92 Å². The number of anilines is 1. The van der Waals surface area contributed by atoms with E-state index in [4.69, 9.17) is 10.5 Å². The van der Waals surface area contributed by atoms with Gasteiger partial charge in [0, 0.05) is 42.8 Å². The van der Waals surface area contributed by atoms with E-state index in [2.05, 4.69) is 29.8 Å². The smallest absolute Gasteiger partial charge is 0.0801 e. The minimum Gasteiger partial charge on any atom is -0.372 e. The van der Waals surface area contributed by atoms with Crippen LogP contribution in [-0.2, 0) is 11.3 Å². The van der Waals surface area contributed by atoms with Crippen LogP contribution in [0.1, 0.15) is 25.1 Å². The van der Waals surface area contributed by atoms with Crippen molar-refractivity contribution in [2.45, 2.75) is 32.9 Å². The first-order valence-corrected chi connectivity index (χ1v) is 6.06. The highest BCUT2D eigenvalue weighted by atomic mass is 16.5. The van der Waals surface area contributed by atoms with Gasteiger partial charge in [0.15, 0.2) is 0 Å². The molecular weight excluding hydrogens is 214 g/mol. The second kappa shape index (κ2) is 4.63. The first kappa shape index (κ1) is 12.3. The summed E-state index contributed by atoms with van der Waals surface area (Å²) in [7, 11) is 0. The van der Waals surface area contributed by atoms with Crippen LogP contribution in [0.25, 0.3) is 0 Å². The maximum absolute atomic E-state index is 5.78. The molecule has 0 atom stereocenters. The third-order valence-corrected chi connectivity index (χ3v) is 3.08. The molecule has 2 N–H and O–H groups in total. The van der Waals surface area contributed by atoms with Crippen LogP contribution in [-0.4, -0.2) is 30.3 Å². The Labute approximate surface area is 103 Å². The highest BCUT2D eigenvalue weighted by Gasteiger charge is 2.28. The predicted molar refractivity (Wildman–Crippen MR) is 69.1 cm³/mol. The summed E-state index contributed by atoms with van der Waals surface area (Å²) in [6.45, 7) is 9.35. The molecule has 4 nitrogen and oxygen atoms in total. The van der Waals surface area contributed by atoms with Gasteiger partial charge in [0.25, 0.3) is 0 Å². The number of pyridine rings is 1. The molecule has 1 fully saturated rings. The van der Waals surface area contributed by atoms with Crippen LogP contribution >= 0.6 is 0 Å². The SMILES string of the molecule is Cc1cc(N2CCOC(C)(C)C2)c(CN)cn1. The number of aryl methyl sites for hydroxylation is 1. The largest absolute Gasteiger partial charge is 0.372 e. The van der Waals surface area contributed by atoms with Crippen LogP contribution < -0.4 is 10.6 Å². The van der Waals surface area contributed by atoms with Gasteiger partial charge in [-0.25, -0.2) is 0 Å². The van der Waals surface area contributed by atoms with E-state index in [-0.39, 0.29) is 5.60 Å². The molecule has 2 rings (SSSR count). The van der Waals surface area contributed by atoms with Crippen LogP contribution in [0.5, 0.6) is 0 Å². The molecule has 1 aliphatic rings. The summed E-state index contributed by atoms with van der Waals surface area (Å²) in [5, 5.41) is 0. The number of rotatable bonds is 2. The van der Waals surface area contributed by atoms with Crippen molar-refractivity contribution in [3.63, 3.8) is 0 Å². The fourth-order valence-corrected chi connectivity index (χ4v) is 2.25. The van der Waals surface area contributed by atoms with E-state index in [0.29, 0.717) is 6.54 Å². The number of hydrogen-bond donors (Lipinski definition) is 1. The lowest BCUT2D eigenvalue weighted by Gasteiger charge is -2.40. The molecule has 0 spiro atoms. The molecule has 0 radical (unpaired) electrons. The Morgan fingerprint density at radius 2 is 2.29 bits per heavy atom. The molecule has 4 heteroatoms. The van der Waals surface area contributed by atoms with Crippen molar-refractivity contribution in [1.82, 2.24) is 4.98 Å². The number of nitrogens with zero attached hydrogens (tertiary/aromatic N) is 2. The van der Waals surface area contributed by atoms with Crippen LogP contribution in [0.2, 0.25) is 0 Å². The summed E-state index contributed by atoms with van der Waals surface area (Å²) in [4.78, 5) is 6.65. The van der Waals surface area contributed by atoms with E-state index in [1.54, 1.807) is 0 Å². The molecule has 1 saturated heterocycles. The van der Waals surface area contributed by atoms with Crippen LogP contribution in [0.4, 0.5) is 5.69 Å². The average Bonchev–Trinajstić information content (AvgIpc) is 2.27. The van der Waals surface area contributed by atoms with Crippen LogP contribution in [0.15, 0.2) is 12.3 Å².